The maximum absolute atomic E-state index is 6.08. The van der Waals surface area contributed by atoms with Crippen LogP contribution in [0.15, 0.2) is 61.4 Å². The molecule has 0 amide bonds. The molecule has 62 heavy (non-hydrogen) atoms. The lowest BCUT2D eigenvalue weighted by Gasteiger charge is -2.27. The van der Waals surface area contributed by atoms with Gasteiger partial charge in [-0.1, -0.05) is 0 Å². The Kier molecular flexibility index (Phi) is 11.6. The number of hydrogen-bond acceptors (Lipinski definition) is 14. The smallest absolute Gasteiger partial charge is 0.263 e. The van der Waals surface area contributed by atoms with Crippen LogP contribution in [0.2, 0.25) is 0 Å². The fourth-order valence-corrected chi connectivity index (χ4v) is 9.23. The topological polar surface area (TPSA) is 171 Å². The monoisotopic (exact) mass is 838 g/mol. The van der Waals surface area contributed by atoms with Crippen LogP contribution in [0.3, 0.4) is 0 Å². The summed E-state index contributed by atoms with van der Waals surface area (Å²) in [7, 11) is 8.57. The highest BCUT2D eigenvalue weighted by Gasteiger charge is 2.25. The number of ether oxygens (including phenoxy) is 2. The molecule has 6 aromatic rings. The minimum atomic E-state index is 0.270. The van der Waals surface area contributed by atoms with Gasteiger partial charge >= 0.3 is 0 Å². The number of nitrogen functional groups attached to an aromatic ring is 2. The summed E-state index contributed by atoms with van der Waals surface area (Å²) in [5, 5.41) is 8.95. The van der Waals surface area contributed by atoms with Crippen LogP contribution in [0.4, 0.5) is 11.6 Å². The first kappa shape index (κ1) is 41.4. The zero-order valence-electron chi connectivity index (χ0n) is 36.8. The predicted molar refractivity (Wildman–Crippen MR) is 240 cm³/mol. The van der Waals surface area contributed by atoms with E-state index in [9.17, 15) is 0 Å². The minimum absolute atomic E-state index is 0.270. The number of nitrogens with zero attached hydrogens (tertiary/aromatic N) is 12. The van der Waals surface area contributed by atoms with Crippen LogP contribution in [0.1, 0.15) is 58.3 Å². The molecule has 4 N–H and O–H groups in total. The number of benzene rings is 2. The minimum Gasteiger partial charge on any atom is -0.433 e. The Morgan fingerprint density at radius 1 is 0.565 bits per heavy atom. The Bertz CT molecular complexity index is 2390. The first-order chi connectivity index (χ1) is 29.9. The van der Waals surface area contributed by atoms with Crippen molar-refractivity contribution in [3.05, 3.63) is 94.8 Å². The maximum atomic E-state index is 6.08. The van der Waals surface area contributed by atoms with E-state index in [4.69, 9.17) is 30.9 Å². The van der Waals surface area contributed by atoms with Crippen molar-refractivity contribution in [3.63, 3.8) is 0 Å². The number of aryl methyl sites for hydroxylation is 2. The fourth-order valence-electron chi connectivity index (χ4n) is 9.23. The molecule has 16 heteroatoms. The van der Waals surface area contributed by atoms with Crippen molar-refractivity contribution < 1.29 is 9.47 Å². The van der Waals surface area contributed by atoms with Crippen molar-refractivity contribution in [3.8, 4) is 45.8 Å². The molecule has 4 aliphatic heterocycles. The molecule has 2 unspecified atom stereocenters. The molecule has 4 aliphatic rings. The van der Waals surface area contributed by atoms with E-state index in [0.717, 1.165) is 101 Å². The van der Waals surface area contributed by atoms with Gasteiger partial charge in [0, 0.05) is 50.4 Å². The fraction of sp³-hybridized carbons (Fsp3) is 0.435. The third kappa shape index (κ3) is 9.00. The Balaban J connectivity index is 0.000000158. The van der Waals surface area contributed by atoms with Gasteiger partial charge in [-0.2, -0.15) is 10.2 Å². The Morgan fingerprint density at radius 2 is 1.00 bits per heavy atom. The van der Waals surface area contributed by atoms with Gasteiger partial charge in [-0.25, -0.2) is 19.9 Å². The molecule has 8 heterocycles. The number of likely N-dealkylation sites (N-methyl/N-ethyl adjacent to an activating group) is 4. The molecule has 0 saturated carbocycles. The van der Waals surface area contributed by atoms with E-state index in [2.05, 4.69) is 106 Å². The number of rotatable bonds is 8. The van der Waals surface area contributed by atoms with Crippen molar-refractivity contribution in [1.82, 2.24) is 59.1 Å². The zero-order valence-corrected chi connectivity index (χ0v) is 36.8. The van der Waals surface area contributed by atoms with Gasteiger partial charge in [0.1, 0.15) is 0 Å². The van der Waals surface area contributed by atoms with Crippen LogP contribution in [0, 0.1) is 13.8 Å². The average molecular weight is 839 g/mol. The average Bonchev–Trinajstić information content (AvgIpc) is 4.08. The molecule has 10 rings (SSSR count). The molecule has 0 spiro atoms. The van der Waals surface area contributed by atoms with E-state index in [-0.39, 0.29) is 11.6 Å². The van der Waals surface area contributed by atoms with Gasteiger partial charge in [0.15, 0.2) is 23.1 Å². The number of anilines is 2. The lowest BCUT2D eigenvalue weighted by molar-refractivity contribution is 0.312. The molecule has 0 radical (unpaired) electrons. The van der Waals surface area contributed by atoms with Crippen molar-refractivity contribution in [2.24, 2.45) is 0 Å². The molecule has 0 bridgehead atoms. The quantitative estimate of drug-likeness (QED) is 0.189. The van der Waals surface area contributed by atoms with Crippen LogP contribution in [0.5, 0.6) is 23.3 Å². The maximum Gasteiger partial charge on any atom is 0.263 e. The summed E-state index contributed by atoms with van der Waals surface area (Å²) in [6, 6.07) is 9.54. The lowest BCUT2D eigenvalue weighted by atomic mass is 9.92. The highest BCUT2D eigenvalue weighted by Crippen LogP contribution is 2.34. The van der Waals surface area contributed by atoms with E-state index in [1.165, 1.54) is 33.4 Å². The normalized spacial score (nSPS) is 19.5. The molecular weight excluding hydrogens is 781 g/mol. The van der Waals surface area contributed by atoms with Crippen molar-refractivity contribution >= 4 is 11.6 Å². The second-order valence-corrected chi connectivity index (χ2v) is 17.7. The van der Waals surface area contributed by atoms with E-state index in [1.807, 2.05) is 21.8 Å². The Morgan fingerprint density at radius 3 is 1.40 bits per heavy atom. The molecule has 16 nitrogen and oxygen atoms in total. The van der Waals surface area contributed by atoms with Crippen molar-refractivity contribution in [2.75, 3.05) is 78.9 Å². The van der Waals surface area contributed by atoms with Gasteiger partial charge in [-0.3, -0.25) is 9.36 Å². The lowest BCUT2D eigenvalue weighted by Crippen LogP contribution is -2.27. The summed E-state index contributed by atoms with van der Waals surface area (Å²) in [6.45, 7) is 12.6. The van der Waals surface area contributed by atoms with Crippen LogP contribution in [-0.2, 0) is 25.9 Å². The number of hydrogen-bond donors (Lipinski definition) is 2. The number of fused-ring (bicyclic) bond motifs is 2. The first-order valence-corrected chi connectivity index (χ1v) is 21.6. The van der Waals surface area contributed by atoms with Crippen LogP contribution in [0.25, 0.3) is 22.5 Å². The van der Waals surface area contributed by atoms with Crippen molar-refractivity contribution in [1.29, 1.82) is 0 Å². The van der Waals surface area contributed by atoms with E-state index < -0.39 is 0 Å². The summed E-state index contributed by atoms with van der Waals surface area (Å²) < 4.78 is 15.9. The third-order valence-corrected chi connectivity index (χ3v) is 12.7. The zero-order chi connectivity index (χ0) is 43.1. The first-order valence-electron chi connectivity index (χ1n) is 21.6. The van der Waals surface area contributed by atoms with Gasteiger partial charge in [-0.15, -0.1) is 0 Å². The Hall–Kier alpha value is -5.94. The number of nitrogens with two attached hydrogens (primary N) is 2. The van der Waals surface area contributed by atoms with Crippen LogP contribution < -0.4 is 20.9 Å². The highest BCUT2D eigenvalue weighted by molar-refractivity contribution is 5.66. The van der Waals surface area contributed by atoms with Gasteiger partial charge < -0.3 is 40.5 Å². The van der Waals surface area contributed by atoms with Crippen LogP contribution >= 0.6 is 0 Å². The SMILES string of the molecule is Cc1cc(-c2cnc(N)c(Oc3cnn(C4CCN(C)C4)c3)n2)cc2c1CCN(C)C2.Cc1cc(-c2cnc(N)c(Oc3cnn(C4CCN(C)C4)c3)n2)cc2c1CCN(C)C2. The summed E-state index contributed by atoms with van der Waals surface area (Å²) in [5.41, 5.74) is 24.0. The highest BCUT2D eigenvalue weighted by atomic mass is 16.5. The summed E-state index contributed by atoms with van der Waals surface area (Å²) >= 11 is 0. The standard InChI is InChI=1S/2C23H29N7O/c2*1-15-8-16(9-17-12-28(2)7-5-20(15)17)21-11-25-22(24)23(27-21)31-19-10-26-30(14-19)18-4-6-29(3)13-18/h2*8-11,14,18H,4-7,12-13H2,1-3H3,(H2,24,25). The van der Waals surface area contributed by atoms with Gasteiger partial charge in [0.2, 0.25) is 0 Å². The Labute approximate surface area is 363 Å². The summed E-state index contributed by atoms with van der Waals surface area (Å²) in [6.07, 6.45) is 15.0. The third-order valence-electron chi connectivity index (χ3n) is 12.7. The number of aromatic nitrogens is 8. The molecule has 2 fully saturated rings. The van der Waals surface area contributed by atoms with E-state index in [1.54, 1.807) is 24.8 Å². The molecule has 324 valence electrons. The summed E-state index contributed by atoms with van der Waals surface area (Å²) in [5.74, 6) is 2.41. The van der Waals surface area contributed by atoms with Crippen molar-refractivity contribution in [2.45, 2.75) is 64.7 Å². The second kappa shape index (κ2) is 17.4. The second-order valence-electron chi connectivity index (χ2n) is 17.7. The van der Waals surface area contributed by atoms with E-state index >= 15 is 0 Å². The molecule has 2 aromatic carbocycles. The summed E-state index contributed by atoms with van der Waals surface area (Å²) in [4.78, 5) is 27.4. The van der Waals surface area contributed by atoms with Crippen LogP contribution in [-0.4, -0.2) is 127 Å². The number of likely N-dealkylation sites (tertiary alicyclic amines) is 2. The molecule has 4 aromatic heterocycles. The molecule has 2 saturated heterocycles. The largest absolute Gasteiger partial charge is 0.433 e. The molecule has 2 atom stereocenters. The van der Waals surface area contributed by atoms with E-state index in [0.29, 0.717) is 35.3 Å². The van der Waals surface area contributed by atoms with Gasteiger partial charge in [-0.05, 0) is 138 Å². The van der Waals surface area contributed by atoms with Gasteiger partial charge in [0.05, 0.1) is 60.7 Å². The van der Waals surface area contributed by atoms with Gasteiger partial charge in [0.25, 0.3) is 11.8 Å². The molecule has 0 aliphatic carbocycles. The predicted octanol–water partition coefficient (Wildman–Crippen LogP) is 5.78. The molecular formula is C46H58N14O2.